The second-order valence-corrected chi connectivity index (χ2v) is 9.60. The van der Waals surface area contributed by atoms with Crippen LogP contribution in [0.4, 0.5) is 5.00 Å². The lowest BCUT2D eigenvalue weighted by atomic mass is 10.0. The minimum Gasteiger partial charge on any atom is -0.365 e. The van der Waals surface area contributed by atoms with E-state index in [1.165, 1.54) is 28.7 Å². The molecule has 0 bridgehead atoms. The third-order valence-electron chi connectivity index (χ3n) is 5.18. The molecule has 1 aliphatic rings. The molecule has 0 spiro atoms. The Morgan fingerprint density at radius 3 is 2.87 bits per heavy atom. The second-order valence-electron chi connectivity index (χ2n) is 7.56. The minimum atomic E-state index is -0.474. The van der Waals surface area contributed by atoms with Crippen molar-refractivity contribution in [3.05, 3.63) is 58.2 Å². The molecule has 2 aromatic heterocycles. The number of para-hydroxylation sites is 1. The number of imidazole rings is 1. The van der Waals surface area contributed by atoms with Gasteiger partial charge in [0.2, 0.25) is 5.91 Å². The van der Waals surface area contributed by atoms with Crippen molar-refractivity contribution < 1.29 is 9.59 Å². The third-order valence-corrected chi connectivity index (χ3v) is 7.35. The number of hydrogen-bond donors (Lipinski definition) is 2. The van der Waals surface area contributed by atoms with Gasteiger partial charge in [-0.3, -0.25) is 14.2 Å². The zero-order chi connectivity index (χ0) is 21.3. The molecule has 4 rings (SSSR count). The first-order chi connectivity index (χ1) is 14.5. The molecule has 0 saturated heterocycles. The van der Waals surface area contributed by atoms with E-state index in [4.69, 9.17) is 5.73 Å². The molecule has 1 aromatic carbocycles. The van der Waals surface area contributed by atoms with Gasteiger partial charge >= 0.3 is 0 Å². The van der Waals surface area contributed by atoms with Gasteiger partial charge in [0.25, 0.3) is 5.91 Å². The maximum Gasteiger partial charge on any atom is 0.251 e. The number of nitrogens with zero attached hydrogens (tertiary/aromatic N) is 2. The van der Waals surface area contributed by atoms with Crippen molar-refractivity contribution in [2.45, 2.75) is 44.2 Å². The van der Waals surface area contributed by atoms with Crippen LogP contribution < -0.4 is 11.1 Å². The van der Waals surface area contributed by atoms with E-state index in [9.17, 15) is 9.59 Å². The summed E-state index contributed by atoms with van der Waals surface area (Å²) in [4.78, 5) is 30.1. The molecule has 2 heterocycles. The van der Waals surface area contributed by atoms with Gasteiger partial charge in [-0.25, -0.2) is 4.98 Å². The molecular formula is C22H24N4O2S2. The van der Waals surface area contributed by atoms with Crippen LogP contribution in [0.25, 0.3) is 5.69 Å². The number of hydrogen-bond acceptors (Lipinski definition) is 5. The van der Waals surface area contributed by atoms with Crippen molar-refractivity contribution in [2.24, 2.45) is 5.73 Å². The molecule has 3 aromatic rings. The number of primary amides is 1. The summed E-state index contributed by atoms with van der Waals surface area (Å²) in [6.45, 7) is 4.31. The van der Waals surface area contributed by atoms with Gasteiger partial charge in [0, 0.05) is 17.3 Å². The number of amides is 2. The maximum atomic E-state index is 12.6. The average Bonchev–Trinajstić information content (AvgIpc) is 3.41. The highest BCUT2D eigenvalue weighted by Crippen LogP contribution is 2.39. The third kappa shape index (κ3) is 4.02. The Labute approximate surface area is 183 Å². The minimum absolute atomic E-state index is 0.172. The van der Waals surface area contributed by atoms with Crippen molar-refractivity contribution in [1.82, 2.24) is 9.55 Å². The van der Waals surface area contributed by atoms with Gasteiger partial charge in [0.15, 0.2) is 5.16 Å². The normalized spacial score (nSPS) is 12.9. The first kappa shape index (κ1) is 20.7. The maximum absolute atomic E-state index is 12.6. The summed E-state index contributed by atoms with van der Waals surface area (Å²) in [6.07, 6.45) is 6.48. The molecule has 30 heavy (non-hydrogen) atoms. The fourth-order valence-corrected chi connectivity index (χ4v) is 5.90. The van der Waals surface area contributed by atoms with E-state index in [0.717, 1.165) is 40.5 Å². The lowest BCUT2D eigenvalue weighted by Gasteiger charge is -2.15. The van der Waals surface area contributed by atoms with E-state index in [2.05, 4.69) is 36.3 Å². The molecule has 8 heteroatoms. The van der Waals surface area contributed by atoms with Crippen LogP contribution in [0.2, 0.25) is 0 Å². The molecule has 0 radical (unpaired) electrons. The van der Waals surface area contributed by atoms with Crippen molar-refractivity contribution >= 4 is 39.9 Å². The number of nitrogens with one attached hydrogen (secondary N) is 1. The summed E-state index contributed by atoms with van der Waals surface area (Å²) in [6, 6.07) is 8.21. The van der Waals surface area contributed by atoms with Gasteiger partial charge < -0.3 is 11.1 Å². The first-order valence-corrected chi connectivity index (χ1v) is 11.8. The van der Waals surface area contributed by atoms with Gasteiger partial charge in [-0.1, -0.05) is 43.8 Å². The smallest absolute Gasteiger partial charge is 0.251 e. The summed E-state index contributed by atoms with van der Waals surface area (Å²) in [5, 5.41) is 4.22. The lowest BCUT2D eigenvalue weighted by Crippen LogP contribution is -2.19. The Kier molecular flexibility index (Phi) is 5.97. The summed E-state index contributed by atoms with van der Waals surface area (Å²) >= 11 is 2.84. The van der Waals surface area contributed by atoms with Crippen LogP contribution in [0.5, 0.6) is 0 Å². The highest BCUT2D eigenvalue weighted by atomic mass is 32.2. The van der Waals surface area contributed by atoms with Crippen molar-refractivity contribution in [3.63, 3.8) is 0 Å². The molecule has 1 aliphatic carbocycles. The number of carbonyl (C=O) groups excluding carboxylic acids is 2. The summed E-state index contributed by atoms with van der Waals surface area (Å²) in [5.41, 5.74) is 9.37. The predicted molar refractivity (Wildman–Crippen MR) is 122 cm³/mol. The largest absolute Gasteiger partial charge is 0.365 e. The van der Waals surface area contributed by atoms with E-state index in [1.807, 2.05) is 22.9 Å². The number of aryl methyl sites for hydroxylation is 1. The van der Waals surface area contributed by atoms with Crippen LogP contribution in [-0.2, 0) is 17.6 Å². The topological polar surface area (TPSA) is 90.0 Å². The quantitative estimate of drug-likeness (QED) is 0.534. The molecule has 156 valence electrons. The molecule has 0 saturated carbocycles. The van der Waals surface area contributed by atoms with Crippen molar-refractivity contribution in [3.8, 4) is 5.69 Å². The average molecular weight is 441 g/mol. The standard InChI is InChI=1S/C22H24N4O2S2/c1-13(2)14-6-3-4-8-16(14)26-11-10-24-22(26)29-12-18(27)25-21-19(20(23)28)15-7-5-9-17(15)30-21/h3-4,6,8,10-11,13H,5,7,9,12H2,1-2H3,(H2,23,28)(H,25,27). The van der Waals surface area contributed by atoms with Gasteiger partial charge in [0.1, 0.15) is 5.00 Å². The zero-order valence-corrected chi connectivity index (χ0v) is 18.6. The number of aromatic nitrogens is 2. The summed E-state index contributed by atoms with van der Waals surface area (Å²) in [5.74, 6) is -0.0770. The molecule has 0 aliphatic heterocycles. The van der Waals surface area contributed by atoms with Crippen LogP contribution in [0.3, 0.4) is 0 Å². The zero-order valence-electron chi connectivity index (χ0n) is 17.0. The number of thioether (sulfide) groups is 1. The second kappa shape index (κ2) is 8.65. The summed E-state index contributed by atoms with van der Waals surface area (Å²) < 4.78 is 2.02. The van der Waals surface area contributed by atoms with Gasteiger partial charge in [-0.2, -0.15) is 0 Å². The van der Waals surface area contributed by atoms with Crippen molar-refractivity contribution in [1.29, 1.82) is 0 Å². The highest BCUT2D eigenvalue weighted by Gasteiger charge is 2.26. The van der Waals surface area contributed by atoms with Crippen LogP contribution in [0, 0.1) is 0 Å². The molecule has 0 fully saturated rings. The van der Waals surface area contributed by atoms with Crippen molar-refractivity contribution in [2.75, 3.05) is 11.1 Å². The van der Waals surface area contributed by atoms with Gasteiger partial charge in [-0.05, 0) is 42.4 Å². The first-order valence-electron chi connectivity index (χ1n) is 9.95. The van der Waals surface area contributed by atoms with Crippen LogP contribution in [-0.4, -0.2) is 27.1 Å². The Morgan fingerprint density at radius 1 is 1.30 bits per heavy atom. The van der Waals surface area contributed by atoms with E-state index in [0.29, 0.717) is 16.5 Å². The van der Waals surface area contributed by atoms with E-state index in [-0.39, 0.29) is 11.7 Å². The van der Waals surface area contributed by atoms with E-state index >= 15 is 0 Å². The predicted octanol–water partition coefficient (Wildman–Crippen LogP) is 4.38. The Hall–Kier alpha value is -2.58. The van der Waals surface area contributed by atoms with E-state index < -0.39 is 5.91 Å². The van der Waals surface area contributed by atoms with Crippen LogP contribution in [0.15, 0.2) is 41.8 Å². The molecule has 0 unspecified atom stereocenters. The lowest BCUT2D eigenvalue weighted by molar-refractivity contribution is -0.113. The molecule has 3 N–H and O–H groups in total. The van der Waals surface area contributed by atoms with E-state index in [1.54, 1.807) is 6.20 Å². The Bertz CT molecular complexity index is 1100. The number of rotatable bonds is 7. The molecule has 6 nitrogen and oxygen atoms in total. The molecular weight excluding hydrogens is 416 g/mol. The van der Waals surface area contributed by atoms with Gasteiger partial charge in [-0.15, -0.1) is 11.3 Å². The molecule has 0 atom stereocenters. The summed E-state index contributed by atoms with van der Waals surface area (Å²) in [7, 11) is 0. The highest BCUT2D eigenvalue weighted by molar-refractivity contribution is 7.99. The Balaban J connectivity index is 1.48. The fourth-order valence-electron chi connectivity index (χ4n) is 3.82. The van der Waals surface area contributed by atoms with Gasteiger partial charge in [0.05, 0.1) is 17.0 Å². The number of benzene rings is 1. The number of thiophene rings is 1. The monoisotopic (exact) mass is 440 g/mol. The number of fused-ring (bicyclic) bond motifs is 1. The van der Waals surface area contributed by atoms with Crippen LogP contribution >= 0.6 is 23.1 Å². The number of nitrogens with two attached hydrogens (primary N) is 1. The number of carbonyl (C=O) groups is 2. The Morgan fingerprint density at radius 2 is 2.10 bits per heavy atom. The molecule has 2 amide bonds. The number of anilines is 1. The SMILES string of the molecule is CC(C)c1ccccc1-n1ccnc1SCC(=O)Nc1sc2c(c1C(N)=O)CCC2. The van der Waals surface area contributed by atoms with Crippen LogP contribution in [0.1, 0.15) is 52.5 Å². The fraction of sp³-hybridized carbons (Fsp3) is 0.318.